The summed E-state index contributed by atoms with van der Waals surface area (Å²) >= 11 is 0. The highest BCUT2D eigenvalue weighted by Crippen LogP contribution is 2.28. The van der Waals surface area contributed by atoms with Crippen molar-refractivity contribution in [1.29, 1.82) is 0 Å². The second-order valence-corrected chi connectivity index (χ2v) is 12.7. The number of carbonyl (C=O) groups is 4. The van der Waals surface area contributed by atoms with E-state index < -0.39 is 35.5 Å². The van der Waals surface area contributed by atoms with Crippen LogP contribution in [0.1, 0.15) is 99.2 Å². The fraction of sp³-hybridized carbons (Fsp3) is 0.438. The lowest BCUT2D eigenvalue weighted by molar-refractivity contribution is -0.125. The molecule has 0 saturated carbocycles. The first-order chi connectivity index (χ1) is 22.4. The number of hydrogen-bond donors (Lipinski definition) is 2. The van der Waals surface area contributed by atoms with Crippen molar-refractivity contribution in [3.63, 3.8) is 0 Å². The van der Waals surface area contributed by atoms with Gasteiger partial charge in [-0.15, -0.1) is 0 Å². The Kier molecular flexibility index (Phi) is 12.1. The van der Waals surface area contributed by atoms with Gasteiger partial charge in [-0.2, -0.15) is 10.1 Å². The smallest absolute Gasteiger partial charge is 0.434 e. The molecule has 2 atom stereocenters. The third kappa shape index (κ3) is 10.4. The quantitative estimate of drug-likeness (QED) is 0.115. The highest BCUT2D eigenvalue weighted by molar-refractivity contribution is 5.94. The van der Waals surface area contributed by atoms with Crippen molar-refractivity contribution >= 4 is 23.8 Å². The van der Waals surface area contributed by atoms with Gasteiger partial charge in [0.15, 0.2) is 11.6 Å². The van der Waals surface area contributed by atoms with E-state index in [1.807, 2.05) is 0 Å². The number of ether oxygens (including phenoxy) is 2. The van der Waals surface area contributed by atoms with E-state index in [1.54, 1.807) is 101 Å². The molecule has 16 heteroatoms. The molecule has 0 aliphatic carbocycles. The normalized spacial score (nSPS) is 12.7. The molecule has 0 radical (unpaired) electrons. The molecule has 260 valence electrons. The molecule has 2 N–H and O–H groups in total. The zero-order valence-corrected chi connectivity index (χ0v) is 28.2. The number of hydrogen-bond acceptors (Lipinski definition) is 12. The SMILES string of the molecule is Cn1ccnc1C(=O)C[C@H](c1ccco1)N(O)C(=O)OC(C)(C)C.Cn1ccnc1C(=O)C[C@H](c1ccco1)N(O)C(=O)OC(C)(C)C. The monoisotopic (exact) mass is 670 g/mol. The van der Waals surface area contributed by atoms with Crippen LogP contribution in [0.4, 0.5) is 9.59 Å². The molecular formula is C32H42N6O10. The van der Waals surface area contributed by atoms with E-state index >= 15 is 0 Å². The maximum Gasteiger partial charge on any atom is 0.434 e. The van der Waals surface area contributed by atoms with E-state index in [2.05, 4.69) is 9.97 Å². The molecule has 48 heavy (non-hydrogen) atoms. The van der Waals surface area contributed by atoms with Crippen molar-refractivity contribution in [2.75, 3.05) is 0 Å². The molecule has 0 spiro atoms. The fourth-order valence-electron chi connectivity index (χ4n) is 4.25. The summed E-state index contributed by atoms with van der Waals surface area (Å²) in [4.78, 5) is 57.0. The summed E-state index contributed by atoms with van der Waals surface area (Å²) < 4.78 is 23.9. The maximum absolute atomic E-state index is 12.4. The highest BCUT2D eigenvalue weighted by atomic mass is 16.6. The van der Waals surface area contributed by atoms with Crippen LogP contribution in [0.3, 0.4) is 0 Å². The van der Waals surface area contributed by atoms with Gasteiger partial charge in [-0.3, -0.25) is 20.0 Å². The van der Waals surface area contributed by atoms with Gasteiger partial charge in [-0.1, -0.05) is 0 Å². The maximum atomic E-state index is 12.4. The molecule has 0 saturated heterocycles. The number of imidazole rings is 2. The van der Waals surface area contributed by atoms with Crippen LogP contribution < -0.4 is 0 Å². The van der Waals surface area contributed by atoms with Crippen LogP contribution in [0.15, 0.2) is 70.4 Å². The van der Waals surface area contributed by atoms with Crippen molar-refractivity contribution in [1.82, 2.24) is 29.2 Å². The number of carbonyl (C=O) groups excluding carboxylic acids is 4. The van der Waals surface area contributed by atoms with Crippen LogP contribution in [0, 0.1) is 0 Å². The number of ketones is 2. The van der Waals surface area contributed by atoms with E-state index in [4.69, 9.17) is 18.3 Å². The molecule has 16 nitrogen and oxygen atoms in total. The number of amides is 2. The minimum absolute atomic E-state index is 0.200. The zero-order valence-electron chi connectivity index (χ0n) is 28.2. The van der Waals surface area contributed by atoms with Crippen molar-refractivity contribution in [2.24, 2.45) is 14.1 Å². The predicted molar refractivity (Wildman–Crippen MR) is 167 cm³/mol. The molecule has 4 aromatic rings. The Labute approximate surface area is 277 Å². The summed E-state index contributed by atoms with van der Waals surface area (Å²) in [6.07, 6.45) is 6.75. The highest BCUT2D eigenvalue weighted by Gasteiger charge is 2.34. The van der Waals surface area contributed by atoms with Crippen LogP contribution in [0.5, 0.6) is 0 Å². The number of nitrogens with zero attached hydrogens (tertiary/aromatic N) is 6. The molecule has 0 bridgehead atoms. The van der Waals surface area contributed by atoms with Crippen molar-refractivity contribution in [3.8, 4) is 0 Å². The third-order valence-corrected chi connectivity index (χ3v) is 6.39. The van der Waals surface area contributed by atoms with Gasteiger partial charge in [0.25, 0.3) is 0 Å². The first-order valence-corrected chi connectivity index (χ1v) is 14.9. The van der Waals surface area contributed by atoms with Crippen LogP contribution in [0.25, 0.3) is 0 Å². The van der Waals surface area contributed by atoms with E-state index in [-0.39, 0.29) is 47.6 Å². The molecule has 0 aliphatic rings. The van der Waals surface area contributed by atoms with E-state index in [0.29, 0.717) is 10.1 Å². The average molecular weight is 671 g/mol. The number of furan rings is 2. The molecule has 4 rings (SSSR count). The largest absolute Gasteiger partial charge is 0.467 e. The first-order valence-electron chi connectivity index (χ1n) is 14.9. The molecule has 0 aromatic carbocycles. The van der Waals surface area contributed by atoms with Gasteiger partial charge in [0, 0.05) is 51.7 Å². The first kappa shape index (κ1) is 37.2. The topological polar surface area (TPSA) is 196 Å². The van der Waals surface area contributed by atoms with Gasteiger partial charge in [-0.25, -0.2) is 19.6 Å². The van der Waals surface area contributed by atoms with Gasteiger partial charge in [0.05, 0.1) is 12.5 Å². The van der Waals surface area contributed by atoms with Crippen LogP contribution >= 0.6 is 0 Å². The van der Waals surface area contributed by atoms with Crippen molar-refractivity contribution in [3.05, 3.63) is 84.7 Å². The summed E-state index contributed by atoms with van der Waals surface area (Å²) in [5, 5.41) is 21.3. The van der Waals surface area contributed by atoms with Crippen LogP contribution in [-0.4, -0.2) is 74.6 Å². The summed E-state index contributed by atoms with van der Waals surface area (Å²) in [5.74, 6) is 0.308. The Morgan fingerprint density at radius 2 is 1.08 bits per heavy atom. The van der Waals surface area contributed by atoms with E-state index in [9.17, 15) is 29.6 Å². The summed E-state index contributed by atoms with van der Waals surface area (Å²) in [5.41, 5.74) is -1.56. The van der Waals surface area contributed by atoms with Gasteiger partial charge >= 0.3 is 12.2 Å². The zero-order chi connectivity index (χ0) is 35.8. The van der Waals surface area contributed by atoms with Gasteiger partial charge in [0.1, 0.15) is 34.8 Å². The second kappa shape index (κ2) is 15.6. The molecule has 4 heterocycles. The Morgan fingerprint density at radius 1 is 0.729 bits per heavy atom. The van der Waals surface area contributed by atoms with Crippen molar-refractivity contribution < 1.29 is 47.9 Å². The molecule has 0 aliphatic heterocycles. The van der Waals surface area contributed by atoms with Gasteiger partial charge in [-0.05, 0) is 65.8 Å². The molecule has 0 fully saturated rings. The number of rotatable bonds is 10. The molecule has 4 aromatic heterocycles. The number of aromatic nitrogens is 4. The summed E-state index contributed by atoms with van der Waals surface area (Å²) in [7, 11) is 3.37. The lowest BCUT2D eigenvalue weighted by Gasteiger charge is -2.27. The Bertz CT molecular complexity index is 1520. The second-order valence-electron chi connectivity index (χ2n) is 12.7. The molecule has 2 amide bonds. The standard InChI is InChI=1S/2C16H21N3O5/c2*1-16(2,3)24-15(21)19(22)11(13-6-5-9-23-13)10-12(20)14-17-7-8-18(14)4/h2*5-9,11,22H,10H2,1-4H3/t2*11-/m11/s1. The summed E-state index contributed by atoms with van der Waals surface area (Å²) in [6, 6.07) is 4.33. The van der Waals surface area contributed by atoms with E-state index in [0.717, 1.165) is 0 Å². The number of hydroxylamine groups is 4. The van der Waals surface area contributed by atoms with Crippen molar-refractivity contribution in [2.45, 2.75) is 77.7 Å². The minimum atomic E-state index is -1.01. The average Bonchev–Trinajstić information content (AvgIpc) is 3.81. The summed E-state index contributed by atoms with van der Waals surface area (Å²) in [6.45, 7) is 10.1. The van der Waals surface area contributed by atoms with Gasteiger partial charge < -0.3 is 27.4 Å². The third-order valence-electron chi connectivity index (χ3n) is 6.39. The van der Waals surface area contributed by atoms with Gasteiger partial charge in [0.2, 0.25) is 11.6 Å². The van der Waals surface area contributed by atoms with Crippen LogP contribution in [0.2, 0.25) is 0 Å². The van der Waals surface area contributed by atoms with E-state index in [1.165, 1.54) is 24.9 Å². The Balaban J connectivity index is 0.000000260. The lowest BCUT2D eigenvalue weighted by atomic mass is 10.1. The Morgan fingerprint density at radius 3 is 1.33 bits per heavy atom. The predicted octanol–water partition coefficient (Wildman–Crippen LogP) is 5.91. The van der Waals surface area contributed by atoms with Crippen LogP contribution in [-0.2, 0) is 23.6 Å². The number of Topliss-reactive ketones (excluding diaryl/α,β-unsaturated/α-hetero) is 2. The Hall–Kier alpha value is -5.22. The molecule has 0 unspecified atom stereocenters. The minimum Gasteiger partial charge on any atom is -0.467 e. The number of aryl methyl sites for hydroxylation is 2. The lowest BCUT2D eigenvalue weighted by Crippen LogP contribution is -2.38. The fourth-order valence-corrected chi connectivity index (χ4v) is 4.25. The molecular weight excluding hydrogens is 628 g/mol.